The number of carbonyl (C=O) groups is 1. The van der Waals surface area contributed by atoms with Crippen molar-refractivity contribution < 1.29 is 14.3 Å². The molecule has 0 atom stereocenters. The fourth-order valence-corrected chi connectivity index (χ4v) is 4.03. The van der Waals surface area contributed by atoms with Gasteiger partial charge in [0.05, 0.1) is 12.8 Å². The Bertz CT molecular complexity index is 1250. The van der Waals surface area contributed by atoms with E-state index in [4.69, 9.17) is 9.47 Å². The molecule has 4 aromatic rings. The molecule has 0 aliphatic carbocycles. The van der Waals surface area contributed by atoms with Gasteiger partial charge >= 0.3 is 0 Å². The van der Waals surface area contributed by atoms with Gasteiger partial charge in [-0.25, -0.2) is 4.98 Å². The molecule has 1 amide bonds. The van der Waals surface area contributed by atoms with Gasteiger partial charge in [0.25, 0.3) is 0 Å². The molecule has 0 saturated carbocycles. The van der Waals surface area contributed by atoms with Crippen LogP contribution in [0.5, 0.6) is 11.5 Å². The average Bonchev–Trinajstić information content (AvgIpc) is 3.31. The summed E-state index contributed by atoms with van der Waals surface area (Å²) in [7, 11) is 1.59. The van der Waals surface area contributed by atoms with Crippen molar-refractivity contribution in [3.63, 3.8) is 0 Å². The number of nitrogens with zero attached hydrogens (tertiary/aromatic N) is 1. The Morgan fingerprint density at radius 1 is 1.06 bits per heavy atom. The fraction of sp³-hybridized carbons (Fsp3) is 0.0769. The minimum Gasteiger partial charge on any atom is -0.493 e. The lowest BCUT2D eigenvalue weighted by atomic mass is 10.2. The van der Waals surface area contributed by atoms with Crippen molar-refractivity contribution in [2.45, 2.75) is 6.61 Å². The molecule has 1 aromatic heterocycles. The first-order valence-corrected chi connectivity index (χ1v) is 11.8. The molecule has 4 rings (SSSR count). The van der Waals surface area contributed by atoms with Crippen LogP contribution in [0.3, 0.4) is 0 Å². The van der Waals surface area contributed by atoms with Crippen LogP contribution in [0.2, 0.25) is 0 Å². The number of carbonyl (C=O) groups excluding carboxylic acids is 1. The summed E-state index contributed by atoms with van der Waals surface area (Å²) in [6.45, 7) is 0.449. The number of halogens is 1. The highest BCUT2D eigenvalue weighted by molar-refractivity contribution is 9.10. The van der Waals surface area contributed by atoms with E-state index in [1.807, 2.05) is 78.2 Å². The average molecular weight is 521 g/mol. The Balaban J connectivity index is 1.37. The second-order valence-electron chi connectivity index (χ2n) is 7.05. The third-order valence-electron chi connectivity index (χ3n) is 4.73. The number of methoxy groups -OCH3 is 1. The van der Waals surface area contributed by atoms with E-state index in [-0.39, 0.29) is 5.91 Å². The molecule has 5 nitrogen and oxygen atoms in total. The normalized spacial score (nSPS) is 10.8. The third kappa shape index (κ3) is 6.31. The highest BCUT2D eigenvalue weighted by Gasteiger charge is 2.08. The molecular weight excluding hydrogens is 500 g/mol. The number of nitrogens with one attached hydrogen (secondary N) is 1. The van der Waals surface area contributed by atoms with Gasteiger partial charge in [-0.2, -0.15) is 0 Å². The number of amides is 1. The first kappa shape index (κ1) is 22.8. The standard InChI is InChI=1S/C26H21BrN2O3S/c1-31-24-15-18(7-13-23(24)32-16-19-5-3-2-4-6-19)8-14-25(30)29-26-28-22(17-33-26)20-9-11-21(27)12-10-20/h2-15,17H,16H2,1H3,(H,28,29,30). The Kier molecular flexibility index (Phi) is 7.55. The molecule has 0 fully saturated rings. The smallest absolute Gasteiger partial charge is 0.250 e. The maximum absolute atomic E-state index is 12.4. The summed E-state index contributed by atoms with van der Waals surface area (Å²) in [5.74, 6) is 0.994. The Hall–Kier alpha value is -3.42. The van der Waals surface area contributed by atoms with E-state index in [0.717, 1.165) is 26.9 Å². The van der Waals surface area contributed by atoms with Crippen LogP contribution in [0.1, 0.15) is 11.1 Å². The number of hydrogen-bond acceptors (Lipinski definition) is 5. The molecule has 1 N–H and O–H groups in total. The summed E-state index contributed by atoms with van der Waals surface area (Å²) in [4.78, 5) is 16.9. The Morgan fingerprint density at radius 2 is 1.85 bits per heavy atom. The predicted molar refractivity (Wildman–Crippen MR) is 137 cm³/mol. The molecule has 7 heteroatoms. The van der Waals surface area contributed by atoms with E-state index in [9.17, 15) is 4.79 Å². The molecule has 0 radical (unpaired) electrons. The van der Waals surface area contributed by atoms with E-state index < -0.39 is 0 Å². The van der Waals surface area contributed by atoms with Gasteiger partial charge in [0.15, 0.2) is 16.6 Å². The topological polar surface area (TPSA) is 60.5 Å². The molecule has 0 spiro atoms. The summed E-state index contributed by atoms with van der Waals surface area (Å²) in [5.41, 5.74) is 3.71. The van der Waals surface area contributed by atoms with E-state index in [2.05, 4.69) is 26.2 Å². The number of thiazole rings is 1. The lowest BCUT2D eigenvalue weighted by Gasteiger charge is -2.11. The number of anilines is 1. The van der Waals surface area contributed by atoms with Crippen molar-refractivity contribution in [3.8, 4) is 22.8 Å². The maximum Gasteiger partial charge on any atom is 0.250 e. The molecule has 0 bridgehead atoms. The SMILES string of the molecule is COc1cc(C=CC(=O)Nc2nc(-c3ccc(Br)cc3)cs2)ccc1OCc1ccccc1. The van der Waals surface area contributed by atoms with Crippen LogP contribution in [0, 0.1) is 0 Å². The molecule has 0 saturated heterocycles. The summed E-state index contributed by atoms with van der Waals surface area (Å²) in [6.07, 6.45) is 3.20. The number of aromatic nitrogens is 1. The molecule has 33 heavy (non-hydrogen) atoms. The summed E-state index contributed by atoms with van der Waals surface area (Å²) < 4.78 is 12.3. The maximum atomic E-state index is 12.4. The number of ether oxygens (including phenoxy) is 2. The molecule has 0 unspecified atom stereocenters. The van der Waals surface area contributed by atoms with Gasteiger partial charge in [0.2, 0.25) is 5.91 Å². The first-order valence-electron chi connectivity index (χ1n) is 10.2. The highest BCUT2D eigenvalue weighted by atomic mass is 79.9. The number of rotatable bonds is 8. The monoisotopic (exact) mass is 520 g/mol. The first-order chi connectivity index (χ1) is 16.1. The lowest BCUT2D eigenvalue weighted by molar-refractivity contribution is -0.111. The van der Waals surface area contributed by atoms with Crippen molar-refractivity contribution in [1.29, 1.82) is 0 Å². The van der Waals surface area contributed by atoms with Crippen LogP contribution in [0.25, 0.3) is 17.3 Å². The van der Waals surface area contributed by atoms with E-state index in [1.165, 1.54) is 17.4 Å². The second kappa shape index (κ2) is 10.9. The zero-order chi connectivity index (χ0) is 23.0. The van der Waals surface area contributed by atoms with Crippen molar-refractivity contribution in [1.82, 2.24) is 4.98 Å². The minimum atomic E-state index is -0.255. The highest BCUT2D eigenvalue weighted by Crippen LogP contribution is 2.29. The van der Waals surface area contributed by atoms with Crippen molar-refractivity contribution in [3.05, 3.63) is 99.9 Å². The van der Waals surface area contributed by atoms with Crippen molar-refractivity contribution >= 4 is 44.4 Å². The molecule has 0 aliphatic rings. The predicted octanol–water partition coefficient (Wildman–Crippen LogP) is 6.81. The van der Waals surface area contributed by atoms with Gasteiger partial charge in [0, 0.05) is 21.5 Å². The van der Waals surface area contributed by atoms with Gasteiger partial charge < -0.3 is 9.47 Å². The zero-order valence-electron chi connectivity index (χ0n) is 17.8. The van der Waals surface area contributed by atoms with Gasteiger partial charge in [-0.3, -0.25) is 10.1 Å². The van der Waals surface area contributed by atoms with E-state index >= 15 is 0 Å². The zero-order valence-corrected chi connectivity index (χ0v) is 20.2. The van der Waals surface area contributed by atoms with Crippen LogP contribution >= 0.6 is 27.3 Å². The summed E-state index contributed by atoms with van der Waals surface area (Å²) in [5, 5.41) is 5.27. The summed E-state index contributed by atoms with van der Waals surface area (Å²) >= 11 is 4.81. The minimum absolute atomic E-state index is 0.255. The fourth-order valence-electron chi connectivity index (χ4n) is 3.05. The lowest BCUT2D eigenvalue weighted by Crippen LogP contribution is -2.07. The number of hydrogen-bond donors (Lipinski definition) is 1. The van der Waals surface area contributed by atoms with Crippen LogP contribution in [-0.2, 0) is 11.4 Å². The molecular formula is C26H21BrN2O3S. The third-order valence-corrected chi connectivity index (χ3v) is 6.01. The largest absolute Gasteiger partial charge is 0.493 e. The quantitative estimate of drug-likeness (QED) is 0.259. The van der Waals surface area contributed by atoms with Crippen LogP contribution in [0.15, 0.2) is 88.7 Å². The molecule has 1 heterocycles. The van der Waals surface area contributed by atoms with Crippen LogP contribution in [0.4, 0.5) is 5.13 Å². The van der Waals surface area contributed by atoms with Gasteiger partial charge in [-0.15, -0.1) is 11.3 Å². The number of benzene rings is 3. The van der Waals surface area contributed by atoms with Gasteiger partial charge in [-0.05, 0) is 41.5 Å². The second-order valence-corrected chi connectivity index (χ2v) is 8.83. The molecule has 0 aliphatic heterocycles. The molecule has 3 aromatic carbocycles. The Labute approximate surface area is 204 Å². The van der Waals surface area contributed by atoms with Gasteiger partial charge in [0.1, 0.15) is 6.61 Å². The van der Waals surface area contributed by atoms with Crippen molar-refractivity contribution in [2.75, 3.05) is 12.4 Å². The van der Waals surface area contributed by atoms with E-state index in [1.54, 1.807) is 13.2 Å². The Morgan fingerprint density at radius 3 is 2.61 bits per heavy atom. The van der Waals surface area contributed by atoms with E-state index in [0.29, 0.717) is 23.2 Å². The van der Waals surface area contributed by atoms with Gasteiger partial charge in [-0.1, -0.05) is 64.5 Å². The van der Waals surface area contributed by atoms with Crippen LogP contribution in [-0.4, -0.2) is 18.0 Å². The van der Waals surface area contributed by atoms with Crippen molar-refractivity contribution in [2.24, 2.45) is 0 Å². The summed E-state index contributed by atoms with van der Waals surface area (Å²) in [6, 6.07) is 23.4. The van der Waals surface area contributed by atoms with Crippen LogP contribution < -0.4 is 14.8 Å². The molecule has 166 valence electrons.